The minimum atomic E-state index is -4.41. The summed E-state index contributed by atoms with van der Waals surface area (Å²) in [6.07, 6.45) is -4.41. The summed E-state index contributed by atoms with van der Waals surface area (Å²) in [5.74, 6) is 0.297. The first-order valence-corrected chi connectivity index (χ1v) is 6.36. The van der Waals surface area contributed by atoms with E-state index in [4.69, 9.17) is 10.3 Å². The van der Waals surface area contributed by atoms with Gasteiger partial charge in [0.25, 0.3) is 0 Å². The van der Waals surface area contributed by atoms with Gasteiger partial charge in [-0.25, -0.2) is 0 Å². The third-order valence-electron chi connectivity index (χ3n) is 3.09. The van der Waals surface area contributed by atoms with Crippen LogP contribution < -0.4 is 5.73 Å². The van der Waals surface area contributed by atoms with Crippen molar-refractivity contribution >= 4 is 0 Å². The van der Waals surface area contributed by atoms with Crippen molar-refractivity contribution in [2.45, 2.75) is 33.0 Å². The molecule has 2 N–H and O–H groups in total. The number of nitrogens with zero attached hydrogens (tertiary/aromatic N) is 2. The molecule has 1 aromatic carbocycles. The van der Waals surface area contributed by atoms with Crippen LogP contribution in [0.25, 0.3) is 11.4 Å². The molecular weight excluding hydrogens is 283 g/mol. The van der Waals surface area contributed by atoms with Crippen molar-refractivity contribution in [2.75, 3.05) is 0 Å². The van der Waals surface area contributed by atoms with Crippen LogP contribution in [0.3, 0.4) is 0 Å². The minimum Gasteiger partial charge on any atom is -0.337 e. The second-order valence-corrected chi connectivity index (χ2v) is 5.88. The molecule has 0 saturated carbocycles. The molecule has 21 heavy (non-hydrogen) atoms. The summed E-state index contributed by atoms with van der Waals surface area (Å²) in [4.78, 5) is 4.10. The number of aromatic nitrogens is 2. The minimum absolute atomic E-state index is 0.0933. The predicted molar refractivity (Wildman–Crippen MR) is 71.1 cm³/mol. The molecule has 0 aliphatic heterocycles. The Bertz CT molecular complexity index is 629. The number of hydrogen-bond donors (Lipinski definition) is 1. The number of benzene rings is 1. The number of hydrogen-bond acceptors (Lipinski definition) is 4. The Balaban J connectivity index is 2.34. The third kappa shape index (κ3) is 3.41. The predicted octanol–water partition coefficient (Wildman–Crippen LogP) is 3.80. The van der Waals surface area contributed by atoms with Crippen LogP contribution in [-0.4, -0.2) is 10.1 Å². The molecule has 0 spiro atoms. The highest BCUT2D eigenvalue weighted by atomic mass is 19.4. The van der Waals surface area contributed by atoms with Gasteiger partial charge >= 0.3 is 6.18 Å². The summed E-state index contributed by atoms with van der Waals surface area (Å²) in [6, 6.07) is 4.28. The first-order chi connectivity index (χ1) is 9.59. The molecule has 2 aromatic rings. The van der Waals surface area contributed by atoms with E-state index in [2.05, 4.69) is 10.1 Å². The van der Waals surface area contributed by atoms with Crippen molar-refractivity contribution in [3.05, 3.63) is 35.7 Å². The maximum absolute atomic E-state index is 12.7. The molecule has 0 bridgehead atoms. The molecule has 1 heterocycles. The smallest absolute Gasteiger partial charge is 0.337 e. The Kier molecular flexibility index (Phi) is 3.79. The molecular formula is C14H16F3N3O. The van der Waals surface area contributed by atoms with Gasteiger partial charge < -0.3 is 10.3 Å². The zero-order chi connectivity index (χ0) is 15.8. The quantitative estimate of drug-likeness (QED) is 0.916. The molecule has 0 aliphatic rings. The number of halogens is 3. The first kappa shape index (κ1) is 15.5. The van der Waals surface area contributed by atoms with Crippen LogP contribution in [0.2, 0.25) is 0 Å². The van der Waals surface area contributed by atoms with E-state index in [0.717, 1.165) is 12.1 Å². The van der Waals surface area contributed by atoms with E-state index < -0.39 is 17.8 Å². The molecule has 0 fully saturated rings. The molecule has 2 rings (SSSR count). The number of rotatable bonds is 2. The standard InChI is InChI=1S/C14H16F3N3O/c1-13(2,3)10(18)12-19-11(20-21-12)8-5-4-6-9(7-8)14(15,16)17/h4-7,10H,18H2,1-3H3/t10-/m0/s1. The summed E-state index contributed by atoms with van der Waals surface area (Å²) in [7, 11) is 0. The van der Waals surface area contributed by atoms with E-state index >= 15 is 0 Å². The van der Waals surface area contributed by atoms with Gasteiger partial charge in [-0.05, 0) is 17.5 Å². The van der Waals surface area contributed by atoms with Gasteiger partial charge in [-0.2, -0.15) is 18.2 Å². The van der Waals surface area contributed by atoms with Crippen molar-refractivity contribution in [3.8, 4) is 11.4 Å². The second-order valence-electron chi connectivity index (χ2n) is 5.88. The first-order valence-electron chi connectivity index (χ1n) is 6.36. The maximum Gasteiger partial charge on any atom is 0.416 e. The molecule has 0 amide bonds. The summed E-state index contributed by atoms with van der Waals surface area (Å²) in [6.45, 7) is 5.73. The Hall–Kier alpha value is -1.89. The van der Waals surface area contributed by atoms with Crippen molar-refractivity contribution in [3.63, 3.8) is 0 Å². The Morgan fingerprint density at radius 3 is 2.43 bits per heavy atom. The van der Waals surface area contributed by atoms with Crippen LogP contribution in [0.5, 0.6) is 0 Å². The monoisotopic (exact) mass is 299 g/mol. The topological polar surface area (TPSA) is 64.9 Å². The normalized spacial score (nSPS) is 14.2. The Morgan fingerprint density at radius 2 is 1.86 bits per heavy atom. The van der Waals surface area contributed by atoms with Gasteiger partial charge in [-0.3, -0.25) is 0 Å². The lowest BCUT2D eigenvalue weighted by Crippen LogP contribution is -2.26. The zero-order valence-corrected chi connectivity index (χ0v) is 11.9. The van der Waals surface area contributed by atoms with E-state index in [0.29, 0.717) is 0 Å². The Morgan fingerprint density at radius 1 is 1.19 bits per heavy atom. The molecule has 4 nitrogen and oxygen atoms in total. The molecule has 114 valence electrons. The lowest BCUT2D eigenvalue weighted by Gasteiger charge is -2.23. The van der Waals surface area contributed by atoms with Gasteiger partial charge in [0.15, 0.2) is 0 Å². The van der Waals surface area contributed by atoms with E-state index in [-0.39, 0.29) is 22.7 Å². The number of alkyl halides is 3. The van der Waals surface area contributed by atoms with Crippen molar-refractivity contribution in [1.82, 2.24) is 10.1 Å². The van der Waals surface area contributed by atoms with Crippen LogP contribution in [-0.2, 0) is 6.18 Å². The summed E-state index contributed by atoms with van der Waals surface area (Å²) < 4.78 is 43.1. The Labute approximate surface area is 120 Å². The molecule has 0 radical (unpaired) electrons. The van der Waals surface area contributed by atoms with Crippen LogP contribution in [0.1, 0.15) is 38.3 Å². The highest BCUT2D eigenvalue weighted by molar-refractivity contribution is 5.55. The van der Waals surface area contributed by atoms with Crippen LogP contribution in [0, 0.1) is 5.41 Å². The molecule has 7 heteroatoms. The van der Waals surface area contributed by atoms with Crippen LogP contribution in [0.4, 0.5) is 13.2 Å². The van der Waals surface area contributed by atoms with Crippen molar-refractivity contribution in [1.29, 1.82) is 0 Å². The van der Waals surface area contributed by atoms with E-state index in [1.165, 1.54) is 12.1 Å². The van der Waals surface area contributed by atoms with Crippen molar-refractivity contribution < 1.29 is 17.7 Å². The lowest BCUT2D eigenvalue weighted by atomic mass is 9.87. The fourth-order valence-corrected chi connectivity index (χ4v) is 1.68. The van der Waals surface area contributed by atoms with Crippen LogP contribution >= 0.6 is 0 Å². The van der Waals surface area contributed by atoms with Gasteiger partial charge in [0.1, 0.15) is 0 Å². The van der Waals surface area contributed by atoms with Crippen LogP contribution in [0.15, 0.2) is 28.8 Å². The fourth-order valence-electron chi connectivity index (χ4n) is 1.68. The van der Waals surface area contributed by atoms with Crippen molar-refractivity contribution in [2.24, 2.45) is 11.1 Å². The highest BCUT2D eigenvalue weighted by Gasteiger charge is 2.31. The van der Waals surface area contributed by atoms with Gasteiger partial charge in [-0.1, -0.05) is 38.1 Å². The van der Waals surface area contributed by atoms with Gasteiger partial charge in [-0.15, -0.1) is 0 Å². The molecule has 0 unspecified atom stereocenters. The zero-order valence-electron chi connectivity index (χ0n) is 11.9. The van der Waals surface area contributed by atoms with E-state index in [1.54, 1.807) is 0 Å². The van der Waals surface area contributed by atoms with Gasteiger partial charge in [0, 0.05) is 5.56 Å². The fraction of sp³-hybridized carbons (Fsp3) is 0.429. The van der Waals surface area contributed by atoms with E-state index in [1.807, 2.05) is 20.8 Å². The summed E-state index contributed by atoms with van der Waals surface area (Å²) >= 11 is 0. The second kappa shape index (κ2) is 5.14. The third-order valence-corrected chi connectivity index (χ3v) is 3.09. The molecule has 0 aliphatic carbocycles. The van der Waals surface area contributed by atoms with Gasteiger partial charge in [0.05, 0.1) is 11.6 Å². The molecule has 1 aromatic heterocycles. The largest absolute Gasteiger partial charge is 0.416 e. The average molecular weight is 299 g/mol. The average Bonchev–Trinajstić information content (AvgIpc) is 2.85. The SMILES string of the molecule is CC(C)(C)[C@@H](N)c1nc(-c2cccc(C(F)(F)F)c2)no1. The lowest BCUT2D eigenvalue weighted by molar-refractivity contribution is -0.137. The molecule has 0 saturated heterocycles. The maximum atomic E-state index is 12.7. The summed E-state index contributed by atoms with van der Waals surface area (Å²) in [5, 5.41) is 3.71. The molecule has 1 atom stereocenters. The highest BCUT2D eigenvalue weighted by Crippen LogP contribution is 2.33. The number of nitrogens with two attached hydrogens (primary N) is 1. The van der Waals surface area contributed by atoms with E-state index in [9.17, 15) is 13.2 Å². The van der Waals surface area contributed by atoms with Gasteiger partial charge in [0.2, 0.25) is 11.7 Å². The summed E-state index contributed by atoms with van der Waals surface area (Å²) in [5.41, 5.74) is 5.17.